The number of aromatic hydroxyl groups is 5. The van der Waals surface area contributed by atoms with Crippen LogP contribution in [0.1, 0.15) is 81.7 Å². The number of rotatable bonds is 8. The van der Waals surface area contributed by atoms with Gasteiger partial charge in [0.05, 0.1) is 17.2 Å². The Hall–Kier alpha value is -11.1. The molecule has 498 valence electrons. The van der Waals surface area contributed by atoms with Crippen LogP contribution in [0.4, 0.5) is 0 Å². The minimum atomic E-state index is -2.25. The van der Waals surface area contributed by atoms with Crippen molar-refractivity contribution in [1.82, 2.24) is 37.2 Å². The molecule has 13 rings (SSSR count). The second-order valence-electron chi connectivity index (χ2n) is 22.5. The number of aliphatic hydroxyl groups excluding tert-OH is 2. The van der Waals surface area contributed by atoms with Crippen LogP contribution in [0.15, 0.2) is 115 Å². The Labute approximate surface area is 553 Å². The number of ether oxygens (including phenoxy) is 5. The summed E-state index contributed by atoms with van der Waals surface area (Å²) in [5, 5.41) is 96.7. The second kappa shape index (κ2) is 27.5. The highest BCUT2D eigenvalue weighted by Crippen LogP contribution is 2.49. The van der Waals surface area contributed by atoms with E-state index in [9.17, 15) is 54.9 Å². The van der Waals surface area contributed by atoms with Gasteiger partial charge >= 0.3 is 5.97 Å². The normalized spacial score (nSPS) is 21.1. The molecular formula is C65H59Cl2N9O20. The highest BCUT2D eigenvalue weighted by Gasteiger charge is 2.42. The van der Waals surface area contributed by atoms with E-state index in [1.165, 1.54) is 54.6 Å². The minimum Gasteiger partial charge on any atom is -0.508 e. The van der Waals surface area contributed by atoms with Crippen molar-refractivity contribution in [2.24, 2.45) is 11.5 Å². The van der Waals surface area contributed by atoms with Crippen LogP contribution in [0.25, 0.3) is 11.1 Å². The molecule has 31 heteroatoms. The molecule has 29 nitrogen and oxygen atoms in total. The van der Waals surface area contributed by atoms with E-state index in [0.717, 1.165) is 67.8 Å². The summed E-state index contributed by atoms with van der Waals surface area (Å²) in [6, 6.07) is 8.37. The van der Waals surface area contributed by atoms with Gasteiger partial charge in [0.25, 0.3) is 5.91 Å². The van der Waals surface area contributed by atoms with Gasteiger partial charge in [-0.15, -0.1) is 0 Å². The van der Waals surface area contributed by atoms with Crippen LogP contribution in [0.2, 0.25) is 10.0 Å². The van der Waals surface area contributed by atoms with E-state index >= 15 is 19.2 Å². The second-order valence-corrected chi connectivity index (χ2v) is 23.3. The third-order valence-electron chi connectivity index (χ3n) is 16.0. The van der Waals surface area contributed by atoms with E-state index in [-0.39, 0.29) is 91.5 Å². The van der Waals surface area contributed by atoms with Crippen LogP contribution in [-0.4, -0.2) is 128 Å². The van der Waals surface area contributed by atoms with Crippen LogP contribution in [-0.2, 0) is 49.5 Å². The smallest absolute Gasteiger partial charge is 0.333 e. The monoisotopic (exact) mass is 1360 g/mol. The maximum absolute atomic E-state index is 16.1. The lowest BCUT2D eigenvalue weighted by molar-refractivity contribution is -0.146. The Bertz CT molecular complexity index is 4350. The molecule has 7 amide bonds. The van der Waals surface area contributed by atoms with E-state index in [1.54, 1.807) is 0 Å². The fourth-order valence-electron chi connectivity index (χ4n) is 11.3. The van der Waals surface area contributed by atoms with Gasteiger partial charge in [0.15, 0.2) is 35.1 Å². The minimum absolute atomic E-state index is 0.0229. The lowest BCUT2D eigenvalue weighted by Crippen LogP contribution is -2.55. The molecule has 0 aliphatic carbocycles. The average Bonchev–Trinajstić information content (AvgIpc) is 0.774. The van der Waals surface area contributed by atoms with Crippen molar-refractivity contribution >= 4 is 70.5 Å². The molecule has 9 atom stereocenters. The molecule has 0 radical (unpaired) electrons. The zero-order chi connectivity index (χ0) is 68.5. The van der Waals surface area contributed by atoms with Crippen molar-refractivity contribution in [3.05, 3.63) is 164 Å². The molecule has 0 aromatic heterocycles. The first-order valence-corrected chi connectivity index (χ1v) is 30.1. The number of aliphatic hydroxyl groups is 2. The number of carbonyl (C=O) groups is 8. The first-order valence-electron chi connectivity index (χ1n) is 29.3. The van der Waals surface area contributed by atoms with Crippen LogP contribution >= 0.6 is 23.2 Å². The Balaban J connectivity index is 1.19. The van der Waals surface area contributed by atoms with Gasteiger partial charge in [-0.25, -0.2) is 4.79 Å². The summed E-state index contributed by atoms with van der Waals surface area (Å²) in [4.78, 5) is 119. The molecule has 1 unspecified atom stereocenters. The van der Waals surface area contributed by atoms with Crippen molar-refractivity contribution in [3.63, 3.8) is 0 Å². The van der Waals surface area contributed by atoms with Gasteiger partial charge in [0.1, 0.15) is 82.6 Å². The highest BCUT2D eigenvalue weighted by molar-refractivity contribution is 6.32. The average molecular weight is 1360 g/mol. The lowest BCUT2D eigenvalue weighted by atomic mass is 9.89. The number of phenols is 5. The summed E-state index contributed by atoms with van der Waals surface area (Å²) in [5.74, 6) is -14.9. The number of hydrogen-bond donors (Lipinski definition) is 16. The van der Waals surface area contributed by atoms with Crippen molar-refractivity contribution in [2.45, 2.75) is 67.3 Å². The third kappa shape index (κ3) is 13.6. The first-order chi connectivity index (χ1) is 45.9. The number of phenolic OH excluding ortho intramolecular Hbond substituents is 5. The molecule has 0 saturated heterocycles. The van der Waals surface area contributed by atoms with E-state index in [0.29, 0.717) is 0 Å². The molecule has 0 fully saturated rings. The summed E-state index contributed by atoms with van der Waals surface area (Å²) >= 11 is 14.1. The number of hydrogen-bond acceptors (Lipinski definition) is 22. The Morgan fingerprint density at radius 1 is 0.604 bits per heavy atom. The number of carbonyl (C=O) groups excluding carboxylic acids is 8. The summed E-state index contributed by atoms with van der Waals surface area (Å²) in [7, 11) is 0.955. The first kappa shape index (κ1) is 66.4. The maximum Gasteiger partial charge on any atom is 0.333 e. The number of methoxy groups -OCH3 is 1. The molecule has 6 heterocycles. The van der Waals surface area contributed by atoms with Crippen LogP contribution in [0.3, 0.4) is 0 Å². The highest BCUT2D eigenvalue weighted by atomic mass is 35.5. The lowest BCUT2D eigenvalue weighted by Gasteiger charge is -2.31. The topological polar surface area (TPSA) is 461 Å². The molecule has 6 aliphatic heterocycles. The predicted molar refractivity (Wildman–Crippen MR) is 336 cm³/mol. The fraction of sp³-hybridized carbons (Fsp3) is 0.231. The van der Waals surface area contributed by atoms with Crippen LogP contribution in [0.5, 0.6) is 69.0 Å². The Morgan fingerprint density at radius 3 is 1.88 bits per heavy atom. The number of nitrogens with one attached hydrogen (secondary N) is 7. The largest absolute Gasteiger partial charge is 0.508 e. The van der Waals surface area contributed by atoms with E-state index in [4.69, 9.17) is 58.4 Å². The van der Waals surface area contributed by atoms with Gasteiger partial charge in [0, 0.05) is 61.4 Å². The zero-order valence-electron chi connectivity index (χ0n) is 50.0. The number of fused-ring (bicyclic) bond motifs is 14. The maximum atomic E-state index is 16.1. The molecule has 17 bridgehead atoms. The van der Waals surface area contributed by atoms with Crippen molar-refractivity contribution in [1.29, 1.82) is 0 Å². The molecule has 0 saturated carbocycles. The number of benzene rings is 7. The van der Waals surface area contributed by atoms with E-state index < -0.39 is 172 Å². The summed E-state index contributed by atoms with van der Waals surface area (Å²) in [6.07, 6.45) is -4.53. The van der Waals surface area contributed by atoms with Gasteiger partial charge in [-0.1, -0.05) is 47.5 Å². The Morgan fingerprint density at radius 2 is 1.21 bits per heavy atom. The van der Waals surface area contributed by atoms with Crippen molar-refractivity contribution in [2.75, 3.05) is 26.8 Å². The van der Waals surface area contributed by atoms with Crippen molar-refractivity contribution < 1.29 is 97.8 Å². The Kier molecular flexibility index (Phi) is 19.0. The third-order valence-corrected chi connectivity index (χ3v) is 16.6. The van der Waals surface area contributed by atoms with Gasteiger partial charge in [-0.2, -0.15) is 0 Å². The van der Waals surface area contributed by atoms with Crippen LogP contribution < -0.4 is 67.6 Å². The van der Waals surface area contributed by atoms with E-state index in [2.05, 4.69) is 37.2 Å². The number of amides is 7. The summed E-state index contributed by atoms with van der Waals surface area (Å²) < 4.78 is 30.7. The van der Waals surface area contributed by atoms with Crippen LogP contribution in [0, 0.1) is 0 Å². The van der Waals surface area contributed by atoms with Gasteiger partial charge in [0.2, 0.25) is 41.2 Å². The number of nitrogens with two attached hydrogens (primary N) is 2. The molecule has 6 aliphatic rings. The van der Waals surface area contributed by atoms with E-state index in [1.807, 2.05) is 0 Å². The summed E-state index contributed by atoms with van der Waals surface area (Å²) in [6.45, 7) is -0.731. The quantitative estimate of drug-likeness (QED) is 0.0967. The molecule has 18 N–H and O–H groups in total. The molecule has 96 heavy (non-hydrogen) atoms. The SMILES string of the molecule is COC(=O)[C@@H]1NC(=O)[C@H]2NC(=O)[C@H](NC(=O)[C@@H]3NC(=O)[C@H]4NC(=O)[C@@H](Cc5ccc(c(Cl)c5)Oc5cc3cc(c5OC(CCO)C(=O)NCCN)Oc3ccc(cc3Cl)[C@H]2O)NC(=O)[C@H](N)c2ccc(O)c(c2)Oc2cc(O)cc4c2)c2ccc(O)c(c2)-c2c(O)cc(O)cc21. The molecule has 0 spiro atoms. The van der Waals surface area contributed by atoms with Gasteiger partial charge in [-0.05, 0) is 112 Å². The molecular weight excluding hydrogens is 1300 g/mol. The zero-order valence-corrected chi connectivity index (χ0v) is 51.6. The standard InChI is InChI=1S/C65H59Cl2N9O20/c1-92-65(91)54-36-24-33(79)25-42(82)49(36)35-18-28(4-6-40(35)80)51-61(87)76-55(64(90)75-54)56(83)29-5-9-44(38(67)19-29)95-48-22-31-21-47(57(48)96-45(10-13-77)59(85)70-12-11-68)94-43-8-2-26(14-37(43)66)15-39-58(84)72-52(62(88)74-53(31)63(89)73-51)30-16-32(78)23-34(17-30)93-46-20-27(3-7-41(46)81)50(69)60(86)71-39/h2-9,14,16-25,39,45,50-56,77-83H,10-13,15,68-69H2,1H3,(H,70,85)(H,71,86)(H,72,84)(H,73,89)(H,74,88)(H,75,90)(H,76,87)/t39-,45?,50-,51-,52+,53-,54-,55+,56-/m1/s1. The van der Waals surface area contributed by atoms with Gasteiger partial charge in [-0.3, -0.25) is 33.6 Å². The molecule has 7 aromatic rings. The van der Waals surface area contributed by atoms with Gasteiger partial charge < -0.3 is 108 Å². The summed E-state index contributed by atoms with van der Waals surface area (Å²) in [5.41, 5.74) is 10.3. The number of esters is 1. The predicted octanol–water partition coefficient (Wildman–Crippen LogP) is 3.57. The van der Waals surface area contributed by atoms with Crippen molar-refractivity contribution in [3.8, 4) is 80.1 Å². The molecule has 7 aromatic carbocycles. The number of halogens is 2. The fourth-order valence-corrected chi connectivity index (χ4v) is 11.7.